The lowest BCUT2D eigenvalue weighted by atomic mass is 9.96. The minimum Gasteiger partial charge on any atom is -0.233 e. The number of fused-ring (bicyclic) bond motifs is 3. The molecule has 0 fully saturated rings. The first-order valence-corrected chi connectivity index (χ1v) is 15.2. The standard InChI is InChI=1S/C43H32N2/c1-30(32-12-5-3-6-13-32)44-43(45-31(2)33-20-22-35(23-21-33)34-14-7-4-8-15-34)40-18-11-17-37(29-40)38-26-27-42-39(28-38)25-24-36-16-9-10-19-41(36)42/h3-29H,2H2,1H3/b44-30+,45-43-. The summed E-state index contributed by atoms with van der Waals surface area (Å²) in [5, 5.41) is 5.00. The van der Waals surface area contributed by atoms with Crippen LogP contribution in [0.15, 0.2) is 180 Å². The van der Waals surface area contributed by atoms with Gasteiger partial charge in [-0.3, -0.25) is 0 Å². The molecule has 0 heterocycles. The SMILES string of the molecule is C=C(/N=C(\N=C(/C)c1ccccc1)c1cccc(-c2ccc3c(ccc4ccccc43)c2)c1)c1ccc(-c2ccccc2)cc1. The zero-order valence-corrected chi connectivity index (χ0v) is 25.2. The Bertz CT molecular complexity index is 2210. The third-order valence-corrected chi connectivity index (χ3v) is 8.23. The smallest absolute Gasteiger partial charge is 0.160 e. The summed E-state index contributed by atoms with van der Waals surface area (Å²) >= 11 is 0. The van der Waals surface area contributed by atoms with Crippen LogP contribution in [0.25, 0.3) is 49.5 Å². The van der Waals surface area contributed by atoms with Crippen molar-refractivity contribution in [1.82, 2.24) is 0 Å². The van der Waals surface area contributed by atoms with Crippen LogP contribution >= 0.6 is 0 Å². The van der Waals surface area contributed by atoms with Crippen molar-refractivity contribution >= 4 is 38.8 Å². The van der Waals surface area contributed by atoms with Crippen molar-refractivity contribution < 1.29 is 0 Å². The summed E-state index contributed by atoms with van der Waals surface area (Å²) in [7, 11) is 0. The lowest BCUT2D eigenvalue weighted by Gasteiger charge is -2.11. The lowest BCUT2D eigenvalue weighted by Crippen LogP contribution is -2.04. The van der Waals surface area contributed by atoms with Gasteiger partial charge < -0.3 is 0 Å². The van der Waals surface area contributed by atoms with Crippen LogP contribution in [0.3, 0.4) is 0 Å². The molecular weight excluding hydrogens is 544 g/mol. The Morgan fingerprint density at radius 3 is 1.80 bits per heavy atom. The van der Waals surface area contributed by atoms with Crippen molar-refractivity contribution in [3.63, 3.8) is 0 Å². The van der Waals surface area contributed by atoms with E-state index in [1.807, 2.05) is 31.2 Å². The highest BCUT2D eigenvalue weighted by Crippen LogP contribution is 2.31. The maximum atomic E-state index is 5.07. The summed E-state index contributed by atoms with van der Waals surface area (Å²) in [6, 6.07) is 57.1. The van der Waals surface area contributed by atoms with Gasteiger partial charge in [0.2, 0.25) is 0 Å². The summed E-state index contributed by atoms with van der Waals surface area (Å²) < 4.78 is 0. The number of hydrogen-bond acceptors (Lipinski definition) is 1. The van der Waals surface area contributed by atoms with Gasteiger partial charge in [0, 0.05) is 11.3 Å². The molecule has 0 unspecified atom stereocenters. The van der Waals surface area contributed by atoms with Crippen LogP contribution in [0.2, 0.25) is 0 Å². The molecule has 0 bridgehead atoms. The quantitative estimate of drug-likeness (QED) is 0.107. The maximum Gasteiger partial charge on any atom is 0.160 e. The van der Waals surface area contributed by atoms with Gasteiger partial charge in [-0.15, -0.1) is 0 Å². The van der Waals surface area contributed by atoms with Crippen molar-refractivity contribution in [3.8, 4) is 22.3 Å². The van der Waals surface area contributed by atoms with Crippen molar-refractivity contribution in [1.29, 1.82) is 0 Å². The molecule has 0 saturated carbocycles. The van der Waals surface area contributed by atoms with Crippen LogP contribution in [0.5, 0.6) is 0 Å². The highest BCUT2D eigenvalue weighted by Gasteiger charge is 2.10. The highest BCUT2D eigenvalue weighted by atomic mass is 14.9. The summed E-state index contributed by atoms with van der Waals surface area (Å²) in [5.41, 5.74) is 9.11. The first-order chi connectivity index (χ1) is 22.1. The van der Waals surface area contributed by atoms with E-state index in [0.29, 0.717) is 11.5 Å². The highest BCUT2D eigenvalue weighted by molar-refractivity contribution is 6.13. The molecule has 0 aliphatic rings. The van der Waals surface area contributed by atoms with Crippen molar-refractivity contribution in [2.45, 2.75) is 6.92 Å². The van der Waals surface area contributed by atoms with E-state index in [4.69, 9.17) is 9.98 Å². The van der Waals surface area contributed by atoms with Gasteiger partial charge in [-0.25, -0.2) is 9.98 Å². The van der Waals surface area contributed by atoms with Crippen LogP contribution in [-0.2, 0) is 0 Å². The fourth-order valence-corrected chi connectivity index (χ4v) is 5.77. The first-order valence-electron chi connectivity index (χ1n) is 15.2. The fraction of sp³-hybridized carbons (Fsp3) is 0.0233. The topological polar surface area (TPSA) is 24.7 Å². The van der Waals surface area contributed by atoms with E-state index in [1.54, 1.807) is 0 Å². The molecule has 7 rings (SSSR count). The zero-order chi connectivity index (χ0) is 30.6. The number of aliphatic imine (C=N–C) groups is 2. The van der Waals surface area contributed by atoms with Gasteiger partial charge in [0.15, 0.2) is 5.84 Å². The predicted molar refractivity (Wildman–Crippen MR) is 193 cm³/mol. The zero-order valence-electron chi connectivity index (χ0n) is 25.2. The average Bonchev–Trinajstić information content (AvgIpc) is 3.12. The Balaban J connectivity index is 1.27. The van der Waals surface area contributed by atoms with Gasteiger partial charge in [0.25, 0.3) is 0 Å². The van der Waals surface area contributed by atoms with Crippen molar-refractivity contribution in [3.05, 3.63) is 187 Å². The summed E-state index contributed by atoms with van der Waals surface area (Å²) in [4.78, 5) is 10.1. The molecule has 2 nitrogen and oxygen atoms in total. The monoisotopic (exact) mass is 576 g/mol. The van der Waals surface area contributed by atoms with Crippen LogP contribution in [0.1, 0.15) is 23.6 Å². The minimum absolute atomic E-state index is 0.627. The van der Waals surface area contributed by atoms with Gasteiger partial charge in [0.05, 0.1) is 5.70 Å². The van der Waals surface area contributed by atoms with E-state index in [0.717, 1.165) is 39.1 Å². The number of benzene rings is 7. The minimum atomic E-state index is 0.627. The number of rotatable bonds is 6. The van der Waals surface area contributed by atoms with E-state index in [-0.39, 0.29) is 0 Å². The maximum absolute atomic E-state index is 5.07. The van der Waals surface area contributed by atoms with E-state index in [1.165, 1.54) is 27.1 Å². The van der Waals surface area contributed by atoms with Crippen LogP contribution in [0.4, 0.5) is 0 Å². The molecular formula is C43H32N2. The van der Waals surface area contributed by atoms with Gasteiger partial charge in [-0.1, -0.05) is 158 Å². The van der Waals surface area contributed by atoms with Crippen LogP contribution < -0.4 is 0 Å². The summed E-state index contributed by atoms with van der Waals surface area (Å²) in [6.07, 6.45) is 0. The van der Waals surface area contributed by atoms with Gasteiger partial charge in [-0.2, -0.15) is 0 Å². The lowest BCUT2D eigenvalue weighted by molar-refractivity contribution is 1.44. The van der Waals surface area contributed by atoms with Crippen molar-refractivity contribution in [2.24, 2.45) is 9.98 Å². The number of hydrogen-bond donors (Lipinski definition) is 0. The molecule has 0 spiro atoms. The molecule has 0 N–H and O–H groups in total. The van der Waals surface area contributed by atoms with E-state index in [2.05, 4.69) is 146 Å². The normalized spacial score (nSPS) is 12.0. The number of amidine groups is 1. The Labute approximate surface area is 264 Å². The van der Waals surface area contributed by atoms with E-state index in [9.17, 15) is 0 Å². The Hall–Kier alpha value is -5.86. The molecule has 7 aromatic rings. The predicted octanol–water partition coefficient (Wildman–Crippen LogP) is 11.3. The Kier molecular flexibility index (Phi) is 7.70. The molecule has 7 aromatic carbocycles. The Morgan fingerprint density at radius 1 is 0.422 bits per heavy atom. The second kappa shape index (κ2) is 12.4. The Morgan fingerprint density at radius 2 is 1.00 bits per heavy atom. The van der Waals surface area contributed by atoms with E-state index < -0.39 is 0 Å². The molecule has 0 aliphatic heterocycles. The second-order valence-electron chi connectivity index (χ2n) is 11.2. The third-order valence-electron chi connectivity index (χ3n) is 8.23. The van der Waals surface area contributed by atoms with Gasteiger partial charge in [-0.05, 0) is 74.0 Å². The first kappa shape index (κ1) is 27.9. The van der Waals surface area contributed by atoms with Crippen molar-refractivity contribution in [2.75, 3.05) is 0 Å². The van der Waals surface area contributed by atoms with Gasteiger partial charge in [0.1, 0.15) is 0 Å². The average molecular weight is 577 g/mol. The molecule has 0 aliphatic carbocycles. The van der Waals surface area contributed by atoms with Gasteiger partial charge >= 0.3 is 0 Å². The molecule has 45 heavy (non-hydrogen) atoms. The summed E-state index contributed by atoms with van der Waals surface area (Å²) in [5.74, 6) is 0.627. The molecule has 0 amide bonds. The molecule has 2 heteroatoms. The molecule has 214 valence electrons. The molecule has 0 saturated heterocycles. The second-order valence-corrected chi connectivity index (χ2v) is 11.2. The van der Waals surface area contributed by atoms with E-state index >= 15 is 0 Å². The van der Waals surface area contributed by atoms with Crippen LogP contribution in [0, 0.1) is 0 Å². The fourth-order valence-electron chi connectivity index (χ4n) is 5.77. The van der Waals surface area contributed by atoms with Crippen LogP contribution in [-0.4, -0.2) is 11.5 Å². The largest absolute Gasteiger partial charge is 0.233 e. The number of nitrogens with zero attached hydrogens (tertiary/aromatic N) is 2. The molecule has 0 radical (unpaired) electrons. The summed E-state index contributed by atoms with van der Waals surface area (Å²) in [6.45, 7) is 6.38. The molecule has 0 aromatic heterocycles. The third kappa shape index (κ3) is 6.00. The molecule has 0 atom stereocenters.